The summed E-state index contributed by atoms with van der Waals surface area (Å²) in [5.41, 5.74) is 1.10. The van der Waals surface area contributed by atoms with Crippen molar-refractivity contribution in [2.24, 2.45) is 0 Å². The monoisotopic (exact) mass is 275 g/mol. The molecule has 20 heavy (non-hydrogen) atoms. The molecular formula is C14H17N3O3. The molecule has 0 saturated carbocycles. The molecule has 1 aromatic carbocycles. The molecule has 1 heterocycles. The van der Waals surface area contributed by atoms with E-state index in [1.807, 2.05) is 18.2 Å². The fraction of sp³-hybridized carbons (Fsp3) is 0.357. The summed E-state index contributed by atoms with van der Waals surface area (Å²) in [5.74, 6) is -1.10. The summed E-state index contributed by atoms with van der Waals surface area (Å²) < 4.78 is 0. The number of carboxylic acid groups (broad SMARTS) is 1. The second kappa shape index (κ2) is 6.81. The van der Waals surface area contributed by atoms with Crippen molar-refractivity contribution in [2.45, 2.75) is 19.3 Å². The van der Waals surface area contributed by atoms with Crippen LogP contribution in [-0.4, -0.2) is 39.5 Å². The van der Waals surface area contributed by atoms with E-state index < -0.39 is 5.97 Å². The maximum absolute atomic E-state index is 11.2. The Bertz CT molecular complexity index is 601. The number of aliphatic hydroxyl groups is 1. The van der Waals surface area contributed by atoms with Crippen molar-refractivity contribution in [1.82, 2.24) is 10.2 Å². The van der Waals surface area contributed by atoms with Gasteiger partial charge in [-0.3, -0.25) is 0 Å². The number of unbranched alkanes of at least 4 members (excludes halogenated alkanes) is 2. The third-order valence-corrected chi connectivity index (χ3v) is 3.01. The first-order valence-corrected chi connectivity index (χ1v) is 6.57. The molecule has 2 aromatic rings. The summed E-state index contributed by atoms with van der Waals surface area (Å²) in [6.07, 6.45) is 2.50. The van der Waals surface area contributed by atoms with Crippen LogP contribution in [0.15, 0.2) is 24.3 Å². The highest BCUT2D eigenvalue weighted by Gasteiger charge is 2.15. The third-order valence-electron chi connectivity index (χ3n) is 3.01. The summed E-state index contributed by atoms with van der Waals surface area (Å²) in [6.45, 7) is 0.816. The number of hydrogen-bond acceptors (Lipinski definition) is 5. The van der Waals surface area contributed by atoms with Crippen LogP contribution in [0.2, 0.25) is 0 Å². The summed E-state index contributed by atoms with van der Waals surface area (Å²) in [6, 6.07) is 7.30. The van der Waals surface area contributed by atoms with E-state index >= 15 is 0 Å². The minimum atomic E-state index is -1.10. The molecule has 3 N–H and O–H groups in total. The lowest BCUT2D eigenvalue weighted by Crippen LogP contribution is -2.11. The van der Waals surface area contributed by atoms with Crippen LogP contribution in [0.5, 0.6) is 0 Å². The Morgan fingerprint density at radius 2 is 1.95 bits per heavy atom. The number of fused-ring (bicyclic) bond motifs is 1. The van der Waals surface area contributed by atoms with Gasteiger partial charge in [-0.15, -0.1) is 10.2 Å². The number of carboxylic acids is 1. The van der Waals surface area contributed by atoms with Gasteiger partial charge in [-0.1, -0.05) is 18.2 Å². The smallest absolute Gasteiger partial charge is 0.358 e. The first kappa shape index (κ1) is 14.2. The van der Waals surface area contributed by atoms with Crippen LogP contribution in [0.25, 0.3) is 10.9 Å². The highest BCUT2D eigenvalue weighted by Crippen LogP contribution is 2.24. The highest BCUT2D eigenvalue weighted by molar-refractivity contribution is 6.02. The van der Waals surface area contributed by atoms with Crippen LogP contribution in [-0.2, 0) is 0 Å². The highest BCUT2D eigenvalue weighted by atomic mass is 16.4. The zero-order chi connectivity index (χ0) is 14.4. The second-order valence-corrected chi connectivity index (χ2v) is 4.46. The van der Waals surface area contributed by atoms with Crippen LogP contribution in [0.1, 0.15) is 29.8 Å². The number of aromatic nitrogens is 2. The number of nitrogens with zero attached hydrogens (tertiary/aromatic N) is 2. The zero-order valence-corrected chi connectivity index (χ0v) is 11.0. The van der Waals surface area contributed by atoms with E-state index in [1.54, 1.807) is 6.07 Å². The van der Waals surface area contributed by atoms with Gasteiger partial charge in [0.25, 0.3) is 0 Å². The van der Waals surface area contributed by atoms with Gasteiger partial charge < -0.3 is 15.5 Å². The average molecular weight is 275 g/mol. The van der Waals surface area contributed by atoms with E-state index in [-0.39, 0.29) is 12.3 Å². The molecule has 0 radical (unpaired) electrons. The predicted molar refractivity (Wildman–Crippen MR) is 75.9 cm³/mol. The quantitative estimate of drug-likeness (QED) is 0.668. The summed E-state index contributed by atoms with van der Waals surface area (Å²) in [7, 11) is 0. The number of hydrogen-bond donors (Lipinski definition) is 3. The maximum atomic E-state index is 11.2. The molecule has 0 aliphatic carbocycles. The fourth-order valence-corrected chi connectivity index (χ4v) is 2.01. The molecule has 0 bridgehead atoms. The molecule has 6 nitrogen and oxygen atoms in total. The Kier molecular flexibility index (Phi) is 4.84. The number of benzene rings is 1. The number of anilines is 1. The van der Waals surface area contributed by atoms with Crippen LogP contribution in [0.4, 0.5) is 5.69 Å². The lowest BCUT2D eigenvalue weighted by Gasteiger charge is -2.11. The van der Waals surface area contributed by atoms with E-state index in [2.05, 4.69) is 15.5 Å². The van der Waals surface area contributed by atoms with Crippen molar-refractivity contribution in [3.8, 4) is 0 Å². The molecule has 6 heteroatoms. The molecule has 0 spiro atoms. The minimum Gasteiger partial charge on any atom is -0.476 e. The van der Waals surface area contributed by atoms with Crippen LogP contribution >= 0.6 is 0 Å². The summed E-state index contributed by atoms with van der Waals surface area (Å²) in [4.78, 5) is 11.2. The Balaban J connectivity index is 2.23. The van der Waals surface area contributed by atoms with E-state index in [0.29, 0.717) is 17.7 Å². The summed E-state index contributed by atoms with van der Waals surface area (Å²) >= 11 is 0. The van der Waals surface area contributed by atoms with Crippen LogP contribution in [0, 0.1) is 0 Å². The molecule has 0 fully saturated rings. The van der Waals surface area contributed by atoms with Crippen LogP contribution < -0.4 is 5.32 Å². The molecule has 0 unspecified atom stereocenters. The number of carbonyl (C=O) groups is 1. The number of aliphatic hydroxyl groups excluding tert-OH is 1. The molecule has 0 aliphatic heterocycles. The molecule has 0 saturated heterocycles. The number of aromatic carboxylic acids is 1. The Labute approximate surface area is 116 Å². The first-order valence-electron chi connectivity index (χ1n) is 6.57. The van der Waals surface area contributed by atoms with Crippen molar-refractivity contribution in [3.05, 3.63) is 30.0 Å². The van der Waals surface area contributed by atoms with Crippen molar-refractivity contribution in [1.29, 1.82) is 0 Å². The Morgan fingerprint density at radius 3 is 2.70 bits per heavy atom. The van der Waals surface area contributed by atoms with Crippen molar-refractivity contribution in [3.63, 3.8) is 0 Å². The van der Waals surface area contributed by atoms with Gasteiger partial charge in [-0.05, 0) is 25.3 Å². The van der Waals surface area contributed by atoms with E-state index in [4.69, 9.17) is 5.11 Å². The third kappa shape index (κ3) is 3.21. The van der Waals surface area contributed by atoms with Gasteiger partial charge in [0.2, 0.25) is 0 Å². The van der Waals surface area contributed by atoms with E-state index in [9.17, 15) is 9.90 Å². The number of nitrogens with one attached hydrogen (secondary N) is 1. The lowest BCUT2D eigenvalue weighted by molar-refractivity contribution is 0.0690. The second-order valence-electron chi connectivity index (χ2n) is 4.46. The largest absolute Gasteiger partial charge is 0.476 e. The topological polar surface area (TPSA) is 95.3 Å². The molecule has 1 aromatic heterocycles. The molecule has 106 valence electrons. The lowest BCUT2D eigenvalue weighted by atomic mass is 10.1. The van der Waals surface area contributed by atoms with Crippen LogP contribution in [0.3, 0.4) is 0 Å². The van der Waals surface area contributed by atoms with Gasteiger partial charge in [0.1, 0.15) is 0 Å². The van der Waals surface area contributed by atoms with Gasteiger partial charge in [0.05, 0.1) is 11.2 Å². The van der Waals surface area contributed by atoms with Crippen molar-refractivity contribution in [2.75, 3.05) is 18.5 Å². The standard InChI is InChI=1S/C14H17N3O3/c18-9-5-1-4-8-15-12-10-6-2-3-7-11(10)16-17-13(12)14(19)20/h2-3,6-7,18H,1,4-5,8-9H2,(H,15,16)(H,19,20). The SMILES string of the molecule is O=C(O)c1nnc2ccccc2c1NCCCCCO. The maximum Gasteiger partial charge on any atom is 0.358 e. The Morgan fingerprint density at radius 1 is 1.15 bits per heavy atom. The molecule has 2 rings (SSSR count). The molecular weight excluding hydrogens is 258 g/mol. The van der Waals surface area contributed by atoms with Gasteiger partial charge in [-0.25, -0.2) is 4.79 Å². The van der Waals surface area contributed by atoms with Gasteiger partial charge in [-0.2, -0.15) is 0 Å². The first-order chi connectivity index (χ1) is 9.74. The minimum absolute atomic E-state index is 0.0640. The van der Waals surface area contributed by atoms with Gasteiger partial charge >= 0.3 is 5.97 Å². The molecule has 0 aliphatic rings. The Hall–Kier alpha value is -2.21. The molecule has 0 atom stereocenters. The number of rotatable bonds is 7. The summed E-state index contributed by atoms with van der Waals surface area (Å²) in [5, 5.41) is 29.5. The predicted octanol–water partition coefficient (Wildman–Crippen LogP) is 1.90. The normalized spacial score (nSPS) is 10.7. The van der Waals surface area contributed by atoms with Crippen molar-refractivity contribution >= 4 is 22.6 Å². The molecule has 0 amide bonds. The van der Waals surface area contributed by atoms with Gasteiger partial charge in [0, 0.05) is 18.5 Å². The van der Waals surface area contributed by atoms with E-state index in [1.165, 1.54) is 0 Å². The fourth-order valence-electron chi connectivity index (χ4n) is 2.01. The van der Waals surface area contributed by atoms with Crippen molar-refractivity contribution < 1.29 is 15.0 Å². The zero-order valence-electron chi connectivity index (χ0n) is 11.0. The average Bonchev–Trinajstić information content (AvgIpc) is 2.46. The van der Waals surface area contributed by atoms with E-state index in [0.717, 1.165) is 24.6 Å². The van der Waals surface area contributed by atoms with Gasteiger partial charge in [0.15, 0.2) is 5.69 Å².